The van der Waals surface area contributed by atoms with Crippen molar-refractivity contribution in [3.05, 3.63) is 69.5 Å². The molecule has 2 amide bonds. The molecule has 1 heterocycles. The molecule has 6 heteroatoms. The number of hydrogen-bond acceptors (Lipinski definition) is 3. The maximum atomic E-state index is 12.2. The van der Waals surface area contributed by atoms with Crippen LogP contribution in [0.4, 0.5) is 0 Å². The van der Waals surface area contributed by atoms with Gasteiger partial charge in [-0.25, -0.2) is 0 Å². The second-order valence-electron chi connectivity index (χ2n) is 5.64. The first-order chi connectivity index (χ1) is 11.9. The summed E-state index contributed by atoms with van der Waals surface area (Å²) >= 11 is 0. The van der Waals surface area contributed by atoms with E-state index in [2.05, 4.69) is 15.6 Å². The Morgan fingerprint density at radius 3 is 2.52 bits per heavy atom. The van der Waals surface area contributed by atoms with Crippen LogP contribution in [0.1, 0.15) is 21.5 Å². The van der Waals surface area contributed by atoms with Crippen LogP contribution in [0.15, 0.2) is 47.3 Å². The normalized spacial score (nSPS) is 10.7. The summed E-state index contributed by atoms with van der Waals surface area (Å²) in [7, 11) is 1.52. The minimum absolute atomic E-state index is 0.0286. The number of nitrogens with one attached hydrogen (secondary N) is 3. The Morgan fingerprint density at radius 1 is 1.12 bits per heavy atom. The van der Waals surface area contributed by atoms with E-state index in [9.17, 15) is 14.4 Å². The molecule has 130 valence electrons. The maximum absolute atomic E-state index is 12.2. The molecule has 0 fully saturated rings. The molecule has 6 nitrogen and oxygen atoms in total. The Labute approximate surface area is 146 Å². The number of aryl methyl sites for hydroxylation is 2. The monoisotopic (exact) mass is 339 g/mol. The summed E-state index contributed by atoms with van der Waals surface area (Å²) in [6.45, 7) is 4.18. The van der Waals surface area contributed by atoms with E-state index < -0.39 is 11.5 Å². The van der Waals surface area contributed by atoms with Crippen LogP contribution < -0.4 is 16.2 Å². The van der Waals surface area contributed by atoms with Crippen LogP contribution in [-0.2, 0) is 4.79 Å². The molecule has 25 heavy (non-hydrogen) atoms. The second-order valence-corrected chi connectivity index (χ2v) is 5.64. The third kappa shape index (κ3) is 4.67. The summed E-state index contributed by atoms with van der Waals surface area (Å²) in [6, 6.07) is 9.12. The Hall–Kier alpha value is -3.15. The van der Waals surface area contributed by atoms with Crippen molar-refractivity contribution in [1.82, 2.24) is 15.6 Å². The summed E-state index contributed by atoms with van der Waals surface area (Å²) in [5.41, 5.74) is 3.42. The molecule has 0 atom stereocenters. The molecule has 0 aliphatic heterocycles. The Kier molecular flexibility index (Phi) is 5.89. The second kappa shape index (κ2) is 8.10. The van der Waals surface area contributed by atoms with Crippen LogP contribution in [-0.4, -0.2) is 30.4 Å². The zero-order valence-corrected chi connectivity index (χ0v) is 14.5. The van der Waals surface area contributed by atoms with Gasteiger partial charge in [0.15, 0.2) is 0 Å². The predicted molar refractivity (Wildman–Crippen MR) is 97.5 cm³/mol. The van der Waals surface area contributed by atoms with Gasteiger partial charge >= 0.3 is 0 Å². The number of carbonyl (C=O) groups excluding carboxylic acids is 2. The fraction of sp³-hybridized carbons (Fsp3) is 0.211. The van der Waals surface area contributed by atoms with Gasteiger partial charge in [0.1, 0.15) is 5.56 Å². The lowest BCUT2D eigenvalue weighted by molar-refractivity contribution is -0.116. The topological polar surface area (TPSA) is 91.1 Å². The highest BCUT2D eigenvalue weighted by Gasteiger charge is 2.11. The summed E-state index contributed by atoms with van der Waals surface area (Å²) in [5.74, 6) is -0.751. The van der Waals surface area contributed by atoms with E-state index in [1.807, 2.05) is 32.0 Å². The largest absolute Gasteiger partial charge is 0.356 e. The number of likely N-dealkylation sites (N-methyl/N-ethyl adjacent to an activating group) is 1. The lowest BCUT2D eigenvalue weighted by Gasteiger charge is -2.07. The molecule has 0 saturated carbocycles. The number of rotatable bonds is 5. The van der Waals surface area contributed by atoms with E-state index in [1.54, 1.807) is 6.07 Å². The van der Waals surface area contributed by atoms with Crippen molar-refractivity contribution in [3.8, 4) is 11.3 Å². The van der Waals surface area contributed by atoms with Crippen molar-refractivity contribution in [3.63, 3.8) is 0 Å². The van der Waals surface area contributed by atoms with Gasteiger partial charge in [0.2, 0.25) is 5.91 Å². The summed E-state index contributed by atoms with van der Waals surface area (Å²) in [4.78, 5) is 38.0. The highest BCUT2D eigenvalue weighted by molar-refractivity contribution is 5.94. The average molecular weight is 339 g/mol. The van der Waals surface area contributed by atoms with Crippen LogP contribution in [0, 0.1) is 13.8 Å². The van der Waals surface area contributed by atoms with Crippen molar-refractivity contribution < 1.29 is 9.59 Å². The number of pyridine rings is 1. The third-order valence-electron chi connectivity index (χ3n) is 3.87. The first-order valence-corrected chi connectivity index (χ1v) is 7.89. The highest BCUT2D eigenvalue weighted by atomic mass is 16.2. The molecule has 0 unspecified atom stereocenters. The van der Waals surface area contributed by atoms with Crippen LogP contribution in [0.5, 0.6) is 0 Å². The summed E-state index contributed by atoms with van der Waals surface area (Å²) in [6.07, 6.45) is 2.82. The molecule has 0 radical (unpaired) electrons. The number of amides is 2. The standard InChI is InChI=1S/C19H21N3O3/c1-12-6-7-14(11-13(12)2)16-9-8-15(19(25)22-16)18(24)21-10-4-5-17(23)20-3/h4-9,11H,10H2,1-3H3,(H,20,23)(H,21,24)(H,22,25)/b5-4-. The zero-order valence-electron chi connectivity index (χ0n) is 14.5. The van der Waals surface area contributed by atoms with Crippen molar-refractivity contribution in [2.45, 2.75) is 13.8 Å². The van der Waals surface area contributed by atoms with Crippen LogP contribution in [0.25, 0.3) is 11.3 Å². The van der Waals surface area contributed by atoms with E-state index in [4.69, 9.17) is 0 Å². The van der Waals surface area contributed by atoms with Gasteiger partial charge in [0.05, 0.1) is 0 Å². The molecule has 0 bridgehead atoms. The van der Waals surface area contributed by atoms with Gasteiger partial charge in [0, 0.05) is 25.4 Å². The average Bonchev–Trinajstić information content (AvgIpc) is 2.60. The minimum atomic E-state index is -0.491. The first-order valence-electron chi connectivity index (χ1n) is 7.89. The molecular weight excluding hydrogens is 318 g/mol. The van der Waals surface area contributed by atoms with Gasteiger partial charge < -0.3 is 15.6 Å². The Balaban J connectivity index is 2.12. The van der Waals surface area contributed by atoms with E-state index in [0.717, 1.165) is 11.1 Å². The smallest absolute Gasteiger partial charge is 0.261 e. The van der Waals surface area contributed by atoms with Crippen molar-refractivity contribution in [2.24, 2.45) is 0 Å². The lowest BCUT2D eigenvalue weighted by Crippen LogP contribution is -2.29. The minimum Gasteiger partial charge on any atom is -0.356 e. The van der Waals surface area contributed by atoms with Crippen molar-refractivity contribution in [2.75, 3.05) is 13.6 Å². The van der Waals surface area contributed by atoms with E-state index in [-0.39, 0.29) is 18.0 Å². The molecule has 1 aromatic heterocycles. The first kappa shape index (κ1) is 18.2. The Bertz CT molecular complexity index is 882. The zero-order chi connectivity index (χ0) is 18.4. The van der Waals surface area contributed by atoms with Gasteiger partial charge in [-0.3, -0.25) is 14.4 Å². The van der Waals surface area contributed by atoms with Crippen LogP contribution in [0.2, 0.25) is 0 Å². The van der Waals surface area contributed by atoms with Gasteiger partial charge in [-0.2, -0.15) is 0 Å². The lowest BCUT2D eigenvalue weighted by atomic mass is 10.0. The fourth-order valence-electron chi connectivity index (χ4n) is 2.23. The molecule has 0 spiro atoms. The van der Waals surface area contributed by atoms with E-state index >= 15 is 0 Å². The molecule has 2 aromatic rings. The number of aromatic amines is 1. The van der Waals surface area contributed by atoms with Crippen molar-refractivity contribution in [1.29, 1.82) is 0 Å². The molecule has 0 saturated heterocycles. The van der Waals surface area contributed by atoms with E-state index in [0.29, 0.717) is 5.69 Å². The highest BCUT2D eigenvalue weighted by Crippen LogP contribution is 2.19. The number of aromatic nitrogens is 1. The number of hydrogen-bond donors (Lipinski definition) is 3. The molecular formula is C19H21N3O3. The summed E-state index contributed by atoms with van der Waals surface area (Å²) in [5, 5.41) is 5.00. The quantitative estimate of drug-likeness (QED) is 0.724. The van der Waals surface area contributed by atoms with Crippen LogP contribution in [0.3, 0.4) is 0 Å². The van der Waals surface area contributed by atoms with Crippen LogP contribution >= 0.6 is 0 Å². The molecule has 3 N–H and O–H groups in total. The van der Waals surface area contributed by atoms with Gasteiger partial charge in [-0.15, -0.1) is 0 Å². The molecule has 0 aliphatic rings. The maximum Gasteiger partial charge on any atom is 0.261 e. The summed E-state index contributed by atoms with van der Waals surface area (Å²) < 4.78 is 0. The van der Waals surface area contributed by atoms with Gasteiger partial charge in [0.25, 0.3) is 11.5 Å². The molecule has 2 rings (SSSR count). The molecule has 0 aliphatic carbocycles. The van der Waals surface area contributed by atoms with Gasteiger partial charge in [-0.1, -0.05) is 18.2 Å². The number of benzene rings is 1. The number of carbonyl (C=O) groups is 2. The van der Waals surface area contributed by atoms with Gasteiger partial charge in [-0.05, 0) is 48.7 Å². The molecule has 1 aromatic carbocycles. The van der Waals surface area contributed by atoms with E-state index in [1.165, 1.54) is 30.8 Å². The predicted octanol–water partition coefficient (Wildman–Crippen LogP) is 1.69. The fourth-order valence-corrected chi connectivity index (χ4v) is 2.23. The third-order valence-corrected chi connectivity index (χ3v) is 3.87. The Morgan fingerprint density at radius 2 is 1.88 bits per heavy atom. The number of H-pyrrole nitrogens is 1. The SMILES string of the molecule is CNC(=O)/C=C\CNC(=O)c1ccc(-c2ccc(C)c(C)c2)[nH]c1=O. The van der Waals surface area contributed by atoms with Crippen molar-refractivity contribution >= 4 is 11.8 Å².